The Morgan fingerprint density at radius 3 is 2.25 bits per heavy atom. The van der Waals surface area contributed by atoms with Gasteiger partial charge in [0.25, 0.3) is 0 Å². The Labute approximate surface area is 141 Å². The molecule has 4 heteroatoms. The first kappa shape index (κ1) is 13.5. The van der Waals surface area contributed by atoms with E-state index in [1.54, 1.807) is 0 Å². The van der Waals surface area contributed by atoms with Crippen molar-refractivity contribution in [3.8, 4) is 0 Å². The number of amides is 2. The molecule has 1 saturated heterocycles. The molecular weight excluding hydrogens is 300 g/mol. The maximum atomic E-state index is 13.0. The first-order valence-corrected chi connectivity index (χ1v) is 9.33. The summed E-state index contributed by atoms with van der Waals surface area (Å²) in [6, 6.07) is 8.03. The van der Waals surface area contributed by atoms with E-state index in [1.807, 2.05) is 18.2 Å². The Balaban J connectivity index is 1.23. The molecule has 1 N–H and O–H groups in total. The van der Waals surface area contributed by atoms with Crippen LogP contribution in [0.1, 0.15) is 44.1 Å². The Morgan fingerprint density at radius 2 is 1.62 bits per heavy atom. The van der Waals surface area contributed by atoms with Crippen molar-refractivity contribution < 1.29 is 9.59 Å². The van der Waals surface area contributed by atoms with Gasteiger partial charge >= 0.3 is 0 Å². The van der Waals surface area contributed by atoms with Crippen molar-refractivity contribution in [2.24, 2.45) is 16.7 Å². The van der Waals surface area contributed by atoms with Crippen LogP contribution in [-0.2, 0) is 15.0 Å². The van der Waals surface area contributed by atoms with Crippen molar-refractivity contribution in [1.29, 1.82) is 0 Å². The highest BCUT2D eigenvalue weighted by molar-refractivity contribution is 6.06. The third kappa shape index (κ3) is 1.35. The quantitative estimate of drug-likeness (QED) is 0.864. The highest BCUT2D eigenvalue weighted by Gasteiger charge is 2.89. The predicted molar refractivity (Wildman–Crippen MR) is 89.4 cm³/mol. The van der Waals surface area contributed by atoms with Crippen molar-refractivity contribution in [3.63, 3.8) is 0 Å². The van der Waals surface area contributed by atoms with Crippen LogP contribution in [0, 0.1) is 16.7 Å². The number of piperidine rings is 1. The molecule has 2 heterocycles. The number of para-hydroxylation sites is 1. The number of hydrogen-bond acceptors (Lipinski definition) is 2. The smallest absolute Gasteiger partial charge is 0.235 e. The summed E-state index contributed by atoms with van der Waals surface area (Å²) < 4.78 is 0. The summed E-state index contributed by atoms with van der Waals surface area (Å²) in [5, 5.41) is 3.04. The van der Waals surface area contributed by atoms with Gasteiger partial charge in [0.05, 0.1) is 11.3 Å². The number of rotatable bonds is 1. The second kappa shape index (κ2) is 3.87. The summed E-state index contributed by atoms with van der Waals surface area (Å²) >= 11 is 0. The molecule has 2 amide bonds. The first-order valence-electron chi connectivity index (χ1n) is 9.33. The van der Waals surface area contributed by atoms with Crippen molar-refractivity contribution in [2.75, 3.05) is 18.4 Å². The fraction of sp³-hybridized carbons (Fsp3) is 0.600. The van der Waals surface area contributed by atoms with E-state index in [4.69, 9.17) is 0 Å². The molecule has 4 fully saturated rings. The molecular formula is C20H22N2O2. The van der Waals surface area contributed by atoms with Gasteiger partial charge in [-0.3, -0.25) is 9.59 Å². The second-order valence-electron chi connectivity index (χ2n) is 8.65. The summed E-state index contributed by atoms with van der Waals surface area (Å²) in [7, 11) is 0. The molecule has 24 heavy (non-hydrogen) atoms. The fourth-order valence-electron chi connectivity index (χ4n) is 6.22. The number of carbonyl (C=O) groups is 2. The maximum Gasteiger partial charge on any atom is 0.235 e. The molecule has 1 aromatic rings. The molecule has 6 rings (SSSR count). The van der Waals surface area contributed by atoms with Crippen molar-refractivity contribution in [3.05, 3.63) is 29.8 Å². The van der Waals surface area contributed by atoms with Crippen LogP contribution in [0.2, 0.25) is 0 Å². The third-order valence-electron chi connectivity index (χ3n) is 7.89. The van der Waals surface area contributed by atoms with E-state index in [2.05, 4.69) is 16.3 Å². The Hall–Kier alpha value is -1.84. The molecule has 0 aromatic heterocycles. The van der Waals surface area contributed by atoms with Gasteiger partial charge in [0.2, 0.25) is 11.8 Å². The number of likely N-dealkylation sites (tertiary alicyclic amines) is 1. The molecule has 0 unspecified atom stereocenters. The number of hydrogen-bond donors (Lipinski definition) is 1. The molecule has 124 valence electrons. The molecule has 0 radical (unpaired) electrons. The van der Waals surface area contributed by atoms with E-state index in [-0.39, 0.29) is 5.91 Å². The van der Waals surface area contributed by atoms with Gasteiger partial charge in [0.1, 0.15) is 0 Å². The SMILES string of the molecule is O=C(C1C2(CC2)C12CC2)N1CCC2(CC1)C(=O)Nc1ccccc12. The van der Waals surface area contributed by atoms with Crippen LogP contribution >= 0.6 is 0 Å². The molecule has 2 aliphatic heterocycles. The van der Waals surface area contributed by atoms with Crippen LogP contribution in [0.4, 0.5) is 5.69 Å². The van der Waals surface area contributed by atoms with Gasteiger partial charge in [-0.2, -0.15) is 0 Å². The van der Waals surface area contributed by atoms with E-state index in [0.29, 0.717) is 22.7 Å². The standard InChI is InChI=1S/C20H22N2O2/c23-16(15-19(5-6-19)20(15)7-8-20)22-11-9-18(10-12-22)13-3-1-2-4-14(13)21-17(18)24/h1-4,15H,5-12H2,(H,21,24). The minimum absolute atomic E-state index is 0.125. The number of anilines is 1. The maximum absolute atomic E-state index is 13.0. The van der Waals surface area contributed by atoms with Crippen LogP contribution in [0.25, 0.3) is 0 Å². The lowest BCUT2D eigenvalue weighted by atomic mass is 9.73. The van der Waals surface area contributed by atoms with Crippen molar-refractivity contribution in [1.82, 2.24) is 4.90 Å². The molecule has 3 spiro atoms. The van der Waals surface area contributed by atoms with Crippen LogP contribution in [0.3, 0.4) is 0 Å². The largest absolute Gasteiger partial charge is 0.342 e. The zero-order chi connectivity index (χ0) is 16.2. The average molecular weight is 322 g/mol. The number of nitrogens with one attached hydrogen (secondary N) is 1. The van der Waals surface area contributed by atoms with E-state index in [1.165, 1.54) is 25.7 Å². The van der Waals surface area contributed by atoms with Crippen LogP contribution in [-0.4, -0.2) is 29.8 Å². The Kier molecular flexibility index (Phi) is 2.17. The monoisotopic (exact) mass is 322 g/mol. The summed E-state index contributed by atoms with van der Waals surface area (Å²) in [4.78, 5) is 27.7. The molecule has 5 aliphatic rings. The highest BCUT2D eigenvalue weighted by atomic mass is 16.2. The molecule has 1 aromatic carbocycles. The normalized spacial score (nSPS) is 29.7. The zero-order valence-corrected chi connectivity index (χ0v) is 13.8. The topological polar surface area (TPSA) is 49.4 Å². The van der Waals surface area contributed by atoms with Crippen molar-refractivity contribution in [2.45, 2.75) is 43.9 Å². The summed E-state index contributed by atoms with van der Waals surface area (Å²) in [6.45, 7) is 1.45. The minimum atomic E-state index is -0.411. The Bertz CT molecular complexity index is 765. The van der Waals surface area contributed by atoms with Gasteiger partial charge in [-0.05, 0) is 61.0 Å². The van der Waals surface area contributed by atoms with Gasteiger partial charge in [0.15, 0.2) is 0 Å². The lowest BCUT2D eigenvalue weighted by Gasteiger charge is -2.38. The zero-order valence-electron chi connectivity index (χ0n) is 13.8. The van der Waals surface area contributed by atoms with Gasteiger partial charge in [-0.15, -0.1) is 0 Å². The van der Waals surface area contributed by atoms with E-state index >= 15 is 0 Å². The average Bonchev–Trinajstić information content (AvgIpc) is 3.53. The van der Waals surface area contributed by atoms with E-state index in [9.17, 15) is 9.59 Å². The van der Waals surface area contributed by atoms with Gasteiger partial charge in [0, 0.05) is 18.8 Å². The molecule has 0 bridgehead atoms. The number of fused-ring (bicyclic) bond motifs is 3. The lowest BCUT2D eigenvalue weighted by Crippen LogP contribution is -2.49. The third-order valence-corrected chi connectivity index (χ3v) is 7.89. The summed E-state index contributed by atoms with van der Waals surface area (Å²) in [5.74, 6) is 0.842. The molecule has 0 atom stereocenters. The van der Waals surface area contributed by atoms with Crippen LogP contribution < -0.4 is 5.32 Å². The van der Waals surface area contributed by atoms with Crippen LogP contribution in [0.5, 0.6) is 0 Å². The number of carbonyl (C=O) groups excluding carboxylic acids is 2. The van der Waals surface area contributed by atoms with Gasteiger partial charge in [-0.25, -0.2) is 0 Å². The minimum Gasteiger partial charge on any atom is -0.342 e. The summed E-state index contributed by atoms with van der Waals surface area (Å²) in [6.07, 6.45) is 6.62. The second-order valence-corrected chi connectivity index (χ2v) is 8.65. The molecule has 4 nitrogen and oxygen atoms in total. The lowest BCUT2D eigenvalue weighted by molar-refractivity contribution is -0.137. The molecule has 3 saturated carbocycles. The fourth-order valence-corrected chi connectivity index (χ4v) is 6.22. The van der Waals surface area contributed by atoms with Crippen molar-refractivity contribution >= 4 is 17.5 Å². The Morgan fingerprint density at radius 1 is 1.00 bits per heavy atom. The first-order chi connectivity index (χ1) is 11.6. The summed E-state index contributed by atoms with van der Waals surface area (Å²) in [5.41, 5.74) is 2.53. The van der Waals surface area contributed by atoms with E-state index < -0.39 is 5.41 Å². The van der Waals surface area contributed by atoms with Gasteiger partial charge < -0.3 is 10.2 Å². The van der Waals surface area contributed by atoms with Gasteiger partial charge in [-0.1, -0.05) is 18.2 Å². The number of benzene rings is 1. The van der Waals surface area contributed by atoms with Crippen LogP contribution in [0.15, 0.2) is 24.3 Å². The predicted octanol–water partition coefficient (Wildman–Crippen LogP) is 2.69. The number of nitrogens with zero attached hydrogens (tertiary/aromatic N) is 1. The highest BCUT2D eigenvalue weighted by Crippen LogP contribution is 2.92. The molecule has 3 aliphatic carbocycles. The van der Waals surface area contributed by atoms with E-state index in [0.717, 1.165) is 37.2 Å².